The lowest BCUT2D eigenvalue weighted by atomic mass is 10.1. The zero-order valence-corrected chi connectivity index (χ0v) is 22.6. The number of aliphatic hydroxyl groups is 1. The Morgan fingerprint density at radius 1 is 1.20 bits per heavy atom. The number of nitrogens with zero attached hydrogens (tertiary/aromatic N) is 3. The highest BCUT2D eigenvalue weighted by Crippen LogP contribution is 2.37. The van der Waals surface area contributed by atoms with Gasteiger partial charge in [0.15, 0.2) is 9.84 Å². The Kier molecular flexibility index (Phi) is 8.10. The molecule has 40 heavy (non-hydrogen) atoms. The van der Waals surface area contributed by atoms with Crippen LogP contribution in [0.25, 0.3) is 16.9 Å². The number of alkyl halides is 2. The second kappa shape index (κ2) is 11.6. The number of fused-ring (bicyclic) bond motifs is 1. The summed E-state index contributed by atoms with van der Waals surface area (Å²) in [6.07, 6.45) is 4.07. The Hall–Kier alpha value is -3.49. The molecule has 11 nitrogen and oxygen atoms in total. The van der Waals surface area contributed by atoms with E-state index in [4.69, 9.17) is 14.2 Å². The van der Waals surface area contributed by atoms with Crippen molar-refractivity contribution in [2.24, 2.45) is 0 Å². The number of carbonyl (C=O) groups excluding carboxylic acids is 1. The molecule has 3 heterocycles. The number of sulfone groups is 1. The van der Waals surface area contributed by atoms with Crippen LogP contribution in [0.15, 0.2) is 36.7 Å². The topological polar surface area (TPSA) is 132 Å². The third-order valence-corrected chi connectivity index (χ3v) is 8.38. The van der Waals surface area contributed by atoms with E-state index in [9.17, 15) is 27.1 Å². The summed E-state index contributed by atoms with van der Waals surface area (Å²) < 4.78 is 67.2. The number of β-amino-alcohol motifs (C(OH)–C–C–N with tert-alkyl or cyclic N) is 1. The Bertz CT molecular complexity index is 1480. The van der Waals surface area contributed by atoms with Gasteiger partial charge in [-0.05, 0) is 31.0 Å². The number of amides is 1. The molecule has 1 aliphatic heterocycles. The van der Waals surface area contributed by atoms with Gasteiger partial charge in [-0.15, -0.1) is 0 Å². The second-order valence-corrected chi connectivity index (χ2v) is 12.1. The smallest absolute Gasteiger partial charge is 0.387 e. The van der Waals surface area contributed by atoms with Crippen LogP contribution in [-0.2, 0) is 9.84 Å². The number of benzene rings is 1. The molecule has 5 rings (SSSR count). The SMILES string of the molecule is COc1cc(-c2cnc3cc(OCC(O)CN4CCS(=O)(=O)CC4)ccn23)cc(OC(F)F)c1C(=O)NC1CC1. The summed E-state index contributed by atoms with van der Waals surface area (Å²) in [7, 11) is -1.65. The van der Waals surface area contributed by atoms with Gasteiger partial charge in [0.05, 0.1) is 30.5 Å². The maximum absolute atomic E-state index is 13.3. The van der Waals surface area contributed by atoms with Crippen molar-refractivity contribution in [2.75, 3.05) is 44.9 Å². The van der Waals surface area contributed by atoms with Crippen molar-refractivity contribution in [2.45, 2.75) is 31.6 Å². The zero-order chi connectivity index (χ0) is 28.4. The molecule has 1 atom stereocenters. The van der Waals surface area contributed by atoms with Gasteiger partial charge in [-0.2, -0.15) is 8.78 Å². The molecule has 1 amide bonds. The predicted molar refractivity (Wildman–Crippen MR) is 141 cm³/mol. The third kappa shape index (κ3) is 6.62. The summed E-state index contributed by atoms with van der Waals surface area (Å²) in [5, 5.41) is 13.1. The van der Waals surface area contributed by atoms with Crippen LogP contribution in [-0.4, -0.2) is 97.3 Å². The van der Waals surface area contributed by atoms with Gasteiger partial charge >= 0.3 is 6.61 Å². The van der Waals surface area contributed by atoms with Gasteiger partial charge in [-0.1, -0.05) is 0 Å². The molecule has 2 fully saturated rings. The number of pyridine rings is 1. The Balaban J connectivity index is 1.32. The Labute approximate surface area is 229 Å². The second-order valence-electron chi connectivity index (χ2n) is 9.83. The fourth-order valence-corrected chi connectivity index (χ4v) is 5.81. The summed E-state index contributed by atoms with van der Waals surface area (Å²) in [4.78, 5) is 19.1. The highest BCUT2D eigenvalue weighted by molar-refractivity contribution is 7.91. The molecule has 1 aromatic carbocycles. The number of hydrogen-bond acceptors (Lipinski definition) is 9. The van der Waals surface area contributed by atoms with Gasteiger partial charge in [0.1, 0.15) is 41.2 Å². The van der Waals surface area contributed by atoms with E-state index >= 15 is 0 Å². The van der Waals surface area contributed by atoms with Gasteiger partial charge < -0.3 is 24.6 Å². The number of imidazole rings is 1. The predicted octanol–water partition coefficient (Wildman–Crippen LogP) is 1.97. The molecule has 1 saturated heterocycles. The van der Waals surface area contributed by atoms with Crippen LogP contribution in [0.4, 0.5) is 8.78 Å². The Morgan fingerprint density at radius 2 is 1.93 bits per heavy atom. The van der Waals surface area contributed by atoms with Crippen LogP contribution < -0.4 is 19.5 Å². The summed E-state index contributed by atoms with van der Waals surface area (Å²) >= 11 is 0. The quantitative estimate of drug-likeness (QED) is 0.350. The van der Waals surface area contributed by atoms with Crippen LogP contribution in [0.1, 0.15) is 23.2 Å². The van der Waals surface area contributed by atoms with Crippen LogP contribution in [0.5, 0.6) is 17.2 Å². The van der Waals surface area contributed by atoms with Crippen LogP contribution in [0, 0.1) is 0 Å². The van der Waals surface area contributed by atoms with E-state index in [1.54, 1.807) is 35.0 Å². The molecule has 2 N–H and O–H groups in total. The first-order valence-electron chi connectivity index (χ1n) is 12.8. The van der Waals surface area contributed by atoms with E-state index in [0.717, 1.165) is 12.8 Å². The van der Waals surface area contributed by atoms with Gasteiger partial charge in [-0.25, -0.2) is 13.4 Å². The highest BCUT2D eigenvalue weighted by Gasteiger charge is 2.29. The van der Waals surface area contributed by atoms with E-state index < -0.39 is 28.5 Å². The van der Waals surface area contributed by atoms with Gasteiger partial charge in [0.2, 0.25) is 0 Å². The summed E-state index contributed by atoms with van der Waals surface area (Å²) in [6, 6.07) is 6.26. The number of nitrogens with one attached hydrogen (secondary N) is 1. The maximum Gasteiger partial charge on any atom is 0.387 e. The lowest BCUT2D eigenvalue weighted by Crippen LogP contribution is -2.44. The zero-order valence-electron chi connectivity index (χ0n) is 21.8. The average Bonchev–Trinajstić information content (AvgIpc) is 3.62. The number of ether oxygens (including phenoxy) is 3. The minimum Gasteiger partial charge on any atom is -0.496 e. The van der Waals surface area contributed by atoms with Crippen LogP contribution >= 0.6 is 0 Å². The van der Waals surface area contributed by atoms with E-state index in [2.05, 4.69) is 10.3 Å². The molecular formula is C26H30F2N4O7S. The maximum atomic E-state index is 13.3. The molecule has 0 bridgehead atoms. The van der Waals surface area contributed by atoms with Crippen molar-refractivity contribution in [1.82, 2.24) is 19.6 Å². The summed E-state index contributed by atoms with van der Waals surface area (Å²) in [5.74, 6) is -0.154. The van der Waals surface area contributed by atoms with Crippen molar-refractivity contribution in [3.8, 4) is 28.5 Å². The molecule has 3 aromatic rings. The third-order valence-electron chi connectivity index (χ3n) is 6.77. The van der Waals surface area contributed by atoms with Crippen molar-refractivity contribution < 1.29 is 41.3 Å². The minimum atomic E-state index is -3.15. The van der Waals surface area contributed by atoms with E-state index in [0.29, 0.717) is 42.3 Å². The number of aliphatic hydroxyl groups excluding tert-OH is 1. The molecule has 0 spiro atoms. The molecule has 2 aromatic heterocycles. The fourth-order valence-electron chi connectivity index (χ4n) is 4.54. The number of hydrogen-bond donors (Lipinski definition) is 2. The normalized spacial score (nSPS) is 18.0. The largest absolute Gasteiger partial charge is 0.496 e. The lowest BCUT2D eigenvalue weighted by Gasteiger charge is -2.28. The number of halogens is 2. The van der Waals surface area contributed by atoms with Gasteiger partial charge in [-0.3, -0.25) is 14.1 Å². The summed E-state index contributed by atoms with van der Waals surface area (Å²) in [6.45, 7) is -2.09. The average molecular weight is 581 g/mol. The highest BCUT2D eigenvalue weighted by atomic mass is 32.2. The van der Waals surface area contributed by atoms with Crippen LogP contribution in [0.3, 0.4) is 0 Å². The van der Waals surface area contributed by atoms with E-state index in [-0.39, 0.29) is 41.2 Å². The van der Waals surface area contributed by atoms with Crippen LogP contribution in [0.2, 0.25) is 0 Å². The first-order chi connectivity index (χ1) is 19.1. The number of methoxy groups -OCH3 is 1. The van der Waals surface area contributed by atoms with Crippen molar-refractivity contribution in [3.63, 3.8) is 0 Å². The monoisotopic (exact) mass is 580 g/mol. The number of carbonyl (C=O) groups is 1. The molecule has 14 heteroatoms. The molecule has 1 aliphatic carbocycles. The van der Waals surface area contributed by atoms with E-state index in [1.807, 2.05) is 4.90 Å². The summed E-state index contributed by atoms with van der Waals surface area (Å²) in [5.41, 5.74) is 1.37. The number of aromatic nitrogens is 2. The van der Waals surface area contributed by atoms with Crippen molar-refractivity contribution in [1.29, 1.82) is 0 Å². The standard InChI is InChI=1S/C26H30F2N4O7S/c1-37-21-10-16(11-22(39-26(27)28)24(21)25(34)30-17-2-3-17)20-13-29-23-12-19(4-5-32(20)23)38-15-18(33)14-31-6-8-40(35,36)9-7-31/h4-5,10-13,17-18,26,33H,2-3,6-9,14-15H2,1H3,(H,30,34). The molecule has 2 aliphatic rings. The van der Waals surface area contributed by atoms with Gasteiger partial charge in [0.25, 0.3) is 5.91 Å². The number of rotatable bonds is 11. The molecule has 0 radical (unpaired) electrons. The van der Waals surface area contributed by atoms with Crippen molar-refractivity contribution in [3.05, 3.63) is 42.2 Å². The molecule has 1 saturated carbocycles. The van der Waals surface area contributed by atoms with E-state index in [1.165, 1.54) is 13.2 Å². The molecule has 1 unspecified atom stereocenters. The molecule has 216 valence electrons. The molecular weight excluding hydrogens is 550 g/mol. The first-order valence-corrected chi connectivity index (χ1v) is 14.6. The Morgan fingerprint density at radius 3 is 2.60 bits per heavy atom. The first kappa shape index (κ1) is 28.1. The van der Waals surface area contributed by atoms with Gasteiger partial charge in [0, 0.05) is 43.5 Å². The lowest BCUT2D eigenvalue weighted by molar-refractivity contribution is -0.0502. The van der Waals surface area contributed by atoms with Crippen molar-refractivity contribution >= 4 is 21.4 Å². The minimum absolute atomic E-state index is 0.00288. The fraction of sp³-hybridized carbons (Fsp3) is 0.462.